The van der Waals surface area contributed by atoms with E-state index in [0.29, 0.717) is 21.3 Å². The van der Waals surface area contributed by atoms with Crippen LogP contribution in [0.25, 0.3) is 0 Å². The van der Waals surface area contributed by atoms with Crippen molar-refractivity contribution in [3.8, 4) is 0 Å². The second-order valence-corrected chi connectivity index (χ2v) is 10.8. The standard InChI is InChI=1S/C26H27Cl2N3O4S/c1-18-12-14-20(15-13-18)31(36(34,35)21-8-5-4-6-9-21)17-25(32)30(19(2)26(33)29-3)16-22-23(27)10-7-11-24(22)28/h4-15,19H,16-17H2,1-3H3,(H,29,33)/t19-/m0/s1. The third-order valence-electron chi connectivity index (χ3n) is 5.74. The van der Waals surface area contributed by atoms with Crippen LogP contribution < -0.4 is 9.62 Å². The number of amides is 2. The summed E-state index contributed by atoms with van der Waals surface area (Å²) in [5.74, 6) is -1.01. The van der Waals surface area contributed by atoms with Gasteiger partial charge in [0.25, 0.3) is 10.0 Å². The lowest BCUT2D eigenvalue weighted by Crippen LogP contribution is -2.50. The van der Waals surface area contributed by atoms with Gasteiger partial charge in [0, 0.05) is 29.2 Å². The van der Waals surface area contributed by atoms with Crippen molar-refractivity contribution < 1.29 is 18.0 Å². The zero-order chi connectivity index (χ0) is 26.5. The number of halogens is 2. The van der Waals surface area contributed by atoms with Gasteiger partial charge in [-0.05, 0) is 50.2 Å². The van der Waals surface area contributed by atoms with E-state index in [-0.39, 0.29) is 11.4 Å². The summed E-state index contributed by atoms with van der Waals surface area (Å²) in [5, 5.41) is 3.19. The quantitative estimate of drug-likeness (QED) is 0.422. The molecule has 0 bridgehead atoms. The predicted molar refractivity (Wildman–Crippen MR) is 143 cm³/mol. The van der Waals surface area contributed by atoms with Gasteiger partial charge < -0.3 is 10.2 Å². The average Bonchev–Trinajstić information content (AvgIpc) is 2.87. The van der Waals surface area contributed by atoms with Crippen molar-refractivity contribution in [2.75, 3.05) is 17.9 Å². The van der Waals surface area contributed by atoms with Crippen LogP contribution in [0.5, 0.6) is 0 Å². The first-order valence-electron chi connectivity index (χ1n) is 11.1. The number of nitrogens with one attached hydrogen (secondary N) is 1. The van der Waals surface area contributed by atoms with Crippen LogP contribution in [0.15, 0.2) is 77.7 Å². The van der Waals surface area contributed by atoms with Crippen LogP contribution in [0, 0.1) is 6.92 Å². The maximum absolute atomic E-state index is 13.7. The Hall–Kier alpha value is -3.07. The average molecular weight is 548 g/mol. The third-order valence-corrected chi connectivity index (χ3v) is 8.23. The largest absolute Gasteiger partial charge is 0.357 e. The molecule has 0 unspecified atom stereocenters. The number of sulfonamides is 1. The van der Waals surface area contributed by atoms with Gasteiger partial charge >= 0.3 is 0 Å². The number of carbonyl (C=O) groups excluding carboxylic acids is 2. The van der Waals surface area contributed by atoms with Crippen LogP contribution in [-0.2, 0) is 26.2 Å². The molecule has 190 valence electrons. The Morgan fingerprint density at radius 3 is 2.06 bits per heavy atom. The Morgan fingerprint density at radius 1 is 0.917 bits per heavy atom. The van der Waals surface area contributed by atoms with E-state index in [4.69, 9.17) is 23.2 Å². The van der Waals surface area contributed by atoms with E-state index in [1.807, 2.05) is 6.92 Å². The van der Waals surface area contributed by atoms with Crippen LogP contribution >= 0.6 is 23.2 Å². The molecule has 3 rings (SSSR count). The fraction of sp³-hybridized carbons (Fsp3) is 0.231. The third kappa shape index (κ3) is 6.19. The van der Waals surface area contributed by atoms with E-state index in [1.165, 1.54) is 24.1 Å². The highest BCUT2D eigenvalue weighted by Crippen LogP contribution is 2.28. The molecule has 0 spiro atoms. The van der Waals surface area contributed by atoms with E-state index < -0.39 is 34.4 Å². The van der Waals surface area contributed by atoms with Gasteiger partial charge in [-0.3, -0.25) is 13.9 Å². The van der Waals surface area contributed by atoms with Crippen molar-refractivity contribution in [1.82, 2.24) is 10.2 Å². The van der Waals surface area contributed by atoms with Crippen molar-refractivity contribution in [3.05, 3.63) is 94.0 Å². The lowest BCUT2D eigenvalue weighted by atomic mass is 10.1. The van der Waals surface area contributed by atoms with Gasteiger partial charge in [0.05, 0.1) is 10.6 Å². The minimum Gasteiger partial charge on any atom is -0.357 e. The minimum atomic E-state index is -4.10. The lowest BCUT2D eigenvalue weighted by Gasteiger charge is -2.32. The van der Waals surface area contributed by atoms with Crippen LogP contribution in [0.2, 0.25) is 10.0 Å². The van der Waals surface area contributed by atoms with Gasteiger partial charge in [-0.15, -0.1) is 0 Å². The molecular formula is C26H27Cl2N3O4S. The van der Waals surface area contributed by atoms with Crippen LogP contribution in [0.1, 0.15) is 18.1 Å². The number of hydrogen-bond acceptors (Lipinski definition) is 4. The number of anilines is 1. The Balaban J connectivity index is 2.05. The number of aryl methyl sites for hydroxylation is 1. The van der Waals surface area contributed by atoms with Gasteiger partial charge in [0.1, 0.15) is 12.6 Å². The number of carbonyl (C=O) groups is 2. The summed E-state index contributed by atoms with van der Waals surface area (Å²) in [6.07, 6.45) is 0. The van der Waals surface area contributed by atoms with E-state index in [0.717, 1.165) is 9.87 Å². The topological polar surface area (TPSA) is 86.8 Å². The number of benzene rings is 3. The zero-order valence-electron chi connectivity index (χ0n) is 20.1. The van der Waals surface area contributed by atoms with Crippen molar-refractivity contribution >= 4 is 50.7 Å². The first-order valence-corrected chi connectivity index (χ1v) is 13.3. The molecular weight excluding hydrogens is 521 g/mol. The van der Waals surface area contributed by atoms with E-state index in [9.17, 15) is 18.0 Å². The molecule has 0 aliphatic heterocycles. The number of nitrogens with zero attached hydrogens (tertiary/aromatic N) is 2. The summed E-state index contributed by atoms with van der Waals surface area (Å²) in [6, 6.07) is 18.7. The molecule has 0 aromatic heterocycles. The molecule has 3 aromatic rings. The highest BCUT2D eigenvalue weighted by Gasteiger charge is 2.32. The van der Waals surface area contributed by atoms with Crippen LogP contribution in [-0.4, -0.2) is 44.8 Å². The van der Waals surface area contributed by atoms with E-state index in [2.05, 4.69) is 5.32 Å². The van der Waals surface area contributed by atoms with E-state index >= 15 is 0 Å². The molecule has 0 radical (unpaired) electrons. The summed E-state index contributed by atoms with van der Waals surface area (Å²) < 4.78 is 28.3. The Bertz CT molecular complexity index is 1310. The molecule has 0 fully saturated rings. The molecule has 1 atom stereocenters. The van der Waals surface area contributed by atoms with Crippen molar-refractivity contribution in [2.45, 2.75) is 31.3 Å². The molecule has 2 amide bonds. The van der Waals surface area contributed by atoms with Gasteiger partial charge in [0.2, 0.25) is 11.8 Å². The van der Waals surface area contributed by atoms with Crippen molar-refractivity contribution in [2.24, 2.45) is 0 Å². The predicted octanol–water partition coefficient (Wildman–Crippen LogP) is 4.66. The molecule has 1 N–H and O–H groups in total. The molecule has 0 aliphatic carbocycles. The molecule has 0 saturated heterocycles. The van der Waals surface area contributed by atoms with Crippen molar-refractivity contribution in [1.29, 1.82) is 0 Å². The SMILES string of the molecule is CNC(=O)[C@H](C)N(Cc1c(Cl)cccc1Cl)C(=O)CN(c1ccc(C)cc1)S(=O)(=O)c1ccccc1. The fourth-order valence-electron chi connectivity index (χ4n) is 3.60. The Labute approximate surface area is 221 Å². The second-order valence-electron chi connectivity index (χ2n) is 8.17. The Morgan fingerprint density at radius 2 is 1.50 bits per heavy atom. The van der Waals surface area contributed by atoms with Gasteiger partial charge in [-0.25, -0.2) is 8.42 Å². The summed E-state index contributed by atoms with van der Waals surface area (Å²) in [5.41, 5.74) is 1.71. The molecule has 0 aliphatic rings. The van der Waals surface area contributed by atoms with Crippen molar-refractivity contribution in [3.63, 3.8) is 0 Å². The molecule has 10 heteroatoms. The lowest BCUT2D eigenvalue weighted by molar-refractivity contribution is -0.139. The first kappa shape index (κ1) is 27.5. The van der Waals surface area contributed by atoms with Gasteiger partial charge in [-0.2, -0.15) is 0 Å². The summed E-state index contributed by atoms with van der Waals surface area (Å²) in [6.45, 7) is 2.82. The normalized spacial score (nSPS) is 12.0. The highest BCUT2D eigenvalue weighted by atomic mass is 35.5. The second kappa shape index (κ2) is 11.8. The smallest absolute Gasteiger partial charge is 0.264 e. The highest BCUT2D eigenvalue weighted by molar-refractivity contribution is 7.92. The monoisotopic (exact) mass is 547 g/mol. The summed E-state index contributed by atoms with van der Waals surface area (Å²) in [4.78, 5) is 27.6. The maximum Gasteiger partial charge on any atom is 0.264 e. The van der Waals surface area contributed by atoms with E-state index in [1.54, 1.807) is 67.6 Å². The summed E-state index contributed by atoms with van der Waals surface area (Å²) >= 11 is 12.7. The number of likely N-dealkylation sites (N-methyl/N-ethyl adjacent to an activating group) is 1. The molecule has 7 nitrogen and oxygen atoms in total. The Kier molecular flexibility index (Phi) is 9.00. The minimum absolute atomic E-state index is 0.0402. The van der Waals surface area contributed by atoms with Gasteiger partial charge in [0.15, 0.2) is 0 Å². The molecule has 0 saturated carbocycles. The zero-order valence-corrected chi connectivity index (χ0v) is 22.4. The van der Waals surface area contributed by atoms with Gasteiger partial charge in [-0.1, -0.05) is 65.2 Å². The maximum atomic E-state index is 13.7. The molecule has 0 heterocycles. The molecule has 36 heavy (non-hydrogen) atoms. The first-order chi connectivity index (χ1) is 17.1. The van der Waals surface area contributed by atoms with Crippen LogP contribution in [0.4, 0.5) is 5.69 Å². The summed E-state index contributed by atoms with van der Waals surface area (Å²) in [7, 11) is -2.64. The molecule has 3 aromatic carbocycles. The van der Waals surface area contributed by atoms with Crippen LogP contribution in [0.3, 0.4) is 0 Å². The fourth-order valence-corrected chi connectivity index (χ4v) is 5.56. The number of hydrogen-bond donors (Lipinski definition) is 1. The number of rotatable bonds is 9.